The number of hydrogen-bond acceptors (Lipinski definition) is 3. The standard InChI is InChI=1S/C15H11N3/c1-3-12-5-4-6-14(9-12)18-15-13(10-16)8-7-11(2)17-15/h1,4-9H,2H3,(H,17,18). The molecule has 18 heavy (non-hydrogen) atoms. The van der Waals surface area contributed by atoms with Crippen LogP contribution < -0.4 is 5.32 Å². The second-order valence-electron chi connectivity index (χ2n) is 3.81. The van der Waals surface area contributed by atoms with Crippen molar-refractivity contribution in [2.45, 2.75) is 6.92 Å². The van der Waals surface area contributed by atoms with Crippen LogP contribution >= 0.6 is 0 Å². The Morgan fingerprint density at radius 2 is 2.11 bits per heavy atom. The summed E-state index contributed by atoms with van der Waals surface area (Å²) in [6, 6.07) is 13.1. The normalized spacial score (nSPS) is 9.28. The highest BCUT2D eigenvalue weighted by atomic mass is 15.0. The number of nitrogens with one attached hydrogen (secondary N) is 1. The van der Waals surface area contributed by atoms with Crippen molar-refractivity contribution < 1.29 is 0 Å². The van der Waals surface area contributed by atoms with Gasteiger partial charge in [-0.05, 0) is 37.3 Å². The van der Waals surface area contributed by atoms with Gasteiger partial charge >= 0.3 is 0 Å². The van der Waals surface area contributed by atoms with Crippen molar-refractivity contribution in [3.8, 4) is 18.4 Å². The Morgan fingerprint density at radius 1 is 1.28 bits per heavy atom. The first-order valence-electron chi connectivity index (χ1n) is 5.44. The SMILES string of the molecule is C#Cc1cccc(Nc2nc(C)ccc2C#N)c1. The molecule has 0 bridgehead atoms. The summed E-state index contributed by atoms with van der Waals surface area (Å²) in [5.74, 6) is 3.12. The molecule has 0 aliphatic rings. The Bertz CT molecular complexity index is 660. The van der Waals surface area contributed by atoms with Gasteiger partial charge in [0.1, 0.15) is 11.9 Å². The number of terminal acetylenes is 1. The number of aryl methyl sites for hydroxylation is 1. The fraction of sp³-hybridized carbons (Fsp3) is 0.0667. The molecule has 3 heteroatoms. The van der Waals surface area contributed by atoms with E-state index < -0.39 is 0 Å². The summed E-state index contributed by atoms with van der Waals surface area (Å²) in [4.78, 5) is 4.31. The van der Waals surface area contributed by atoms with Crippen LogP contribution in [0.5, 0.6) is 0 Å². The molecule has 0 atom stereocenters. The molecule has 1 heterocycles. The maximum Gasteiger partial charge on any atom is 0.148 e. The predicted octanol–water partition coefficient (Wildman–Crippen LogP) is 2.99. The molecule has 0 spiro atoms. The van der Waals surface area contributed by atoms with Crippen LogP contribution in [0.25, 0.3) is 0 Å². The van der Waals surface area contributed by atoms with Gasteiger partial charge in [0.25, 0.3) is 0 Å². The van der Waals surface area contributed by atoms with E-state index in [1.165, 1.54) is 0 Å². The molecule has 1 N–H and O–H groups in total. The van der Waals surface area contributed by atoms with Crippen molar-refractivity contribution in [3.63, 3.8) is 0 Å². The minimum Gasteiger partial charge on any atom is -0.339 e. The van der Waals surface area contributed by atoms with Gasteiger partial charge in [-0.2, -0.15) is 5.26 Å². The third-order valence-electron chi connectivity index (χ3n) is 2.45. The van der Waals surface area contributed by atoms with Crippen LogP contribution in [0.2, 0.25) is 0 Å². The van der Waals surface area contributed by atoms with Crippen molar-refractivity contribution in [2.75, 3.05) is 5.32 Å². The molecule has 0 saturated carbocycles. The first-order chi connectivity index (χ1) is 8.72. The number of aromatic nitrogens is 1. The monoisotopic (exact) mass is 233 g/mol. The topological polar surface area (TPSA) is 48.7 Å². The zero-order valence-electron chi connectivity index (χ0n) is 9.94. The Kier molecular flexibility index (Phi) is 3.27. The number of benzene rings is 1. The van der Waals surface area contributed by atoms with Gasteiger partial charge in [-0.25, -0.2) is 4.98 Å². The minimum absolute atomic E-state index is 0.506. The lowest BCUT2D eigenvalue weighted by molar-refractivity contribution is 1.19. The number of nitrogens with zero attached hydrogens (tertiary/aromatic N) is 2. The molecule has 0 aliphatic carbocycles. The van der Waals surface area contributed by atoms with Crippen LogP contribution in [-0.2, 0) is 0 Å². The van der Waals surface area contributed by atoms with Gasteiger partial charge in [0, 0.05) is 16.9 Å². The second kappa shape index (κ2) is 5.03. The summed E-state index contributed by atoms with van der Waals surface area (Å²) in [7, 11) is 0. The van der Waals surface area contributed by atoms with Crippen LogP contribution in [-0.4, -0.2) is 4.98 Å². The fourth-order valence-corrected chi connectivity index (χ4v) is 1.57. The van der Waals surface area contributed by atoms with Crippen molar-refractivity contribution in [3.05, 3.63) is 53.2 Å². The Morgan fingerprint density at radius 3 is 2.83 bits per heavy atom. The van der Waals surface area contributed by atoms with E-state index in [4.69, 9.17) is 11.7 Å². The number of anilines is 2. The highest BCUT2D eigenvalue weighted by molar-refractivity contribution is 5.64. The number of nitriles is 1. The number of hydrogen-bond donors (Lipinski definition) is 1. The first kappa shape index (κ1) is 11.7. The molecule has 0 saturated heterocycles. The maximum atomic E-state index is 9.03. The third kappa shape index (κ3) is 2.48. The molecule has 2 rings (SSSR count). The predicted molar refractivity (Wildman–Crippen MR) is 71.3 cm³/mol. The molecule has 2 aromatic rings. The van der Waals surface area contributed by atoms with E-state index in [1.807, 2.05) is 37.3 Å². The Labute approximate surface area is 106 Å². The molecule has 3 nitrogen and oxygen atoms in total. The summed E-state index contributed by atoms with van der Waals surface area (Å²) in [5.41, 5.74) is 2.96. The van der Waals surface area contributed by atoms with Crippen LogP contribution in [0, 0.1) is 30.6 Å². The maximum absolute atomic E-state index is 9.03. The van der Waals surface area contributed by atoms with E-state index in [-0.39, 0.29) is 0 Å². The van der Waals surface area contributed by atoms with E-state index in [0.717, 1.165) is 16.9 Å². The molecular weight excluding hydrogens is 222 g/mol. The molecule has 0 fully saturated rings. The van der Waals surface area contributed by atoms with Crippen LogP contribution in [0.15, 0.2) is 36.4 Å². The lowest BCUT2D eigenvalue weighted by Crippen LogP contribution is -1.98. The van der Waals surface area contributed by atoms with E-state index in [0.29, 0.717) is 11.4 Å². The smallest absolute Gasteiger partial charge is 0.148 e. The van der Waals surface area contributed by atoms with Crippen LogP contribution in [0.4, 0.5) is 11.5 Å². The molecule has 0 aliphatic heterocycles. The van der Waals surface area contributed by atoms with Gasteiger partial charge in [-0.1, -0.05) is 12.0 Å². The molecule has 0 amide bonds. The fourth-order valence-electron chi connectivity index (χ4n) is 1.57. The van der Waals surface area contributed by atoms with Gasteiger partial charge in [0.2, 0.25) is 0 Å². The average molecular weight is 233 g/mol. The van der Waals surface area contributed by atoms with E-state index in [2.05, 4.69) is 22.3 Å². The van der Waals surface area contributed by atoms with Crippen molar-refractivity contribution >= 4 is 11.5 Å². The van der Waals surface area contributed by atoms with Gasteiger partial charge in [0.05, 0.1) is 5.56 Å². The van der Waals surface area contributed by atoms with Gasteiger partial charge in [-0.15, -0.1) is 6.42 Å². The summed E-state index contributed by atoms with van der Waals surface area (Å²) in [5, 5.41) is 12.1. The molecular formula is C15H11N3. The summed E-state index contributed by atoms with van der Waals surface area (Å²) >= 11 is 0. The molecule has 1 aromatic carbocycles. The summed E-state index contributed by atoms with van der Waals surface area (Å²) < 4.78 is 0. The lowest BCUT2D eigenvalue weighted by Gasteiger charge is -2.08. The van der Waals surface area contributed by atoms with Crippen molar-refractivity contribution in [2.24, 2.45) is 0 Å². The number of pyridine rings is 1. The van der Waals surface area contributed by atoms with E-state index in [1.54, 1.807) is 6.07 Å². The lowest BCUT2D eigenvalue weighted by atomic mass is 10.2. The molecule has 86 valence electrons. The second-order valence-corrected chi connectivity index (χ2v) is 3.81. The van der Waals surface area contributed by atoms with E-state index >= 15 is 0 Å². The van der Waals surface area contributed by atoms with Crippen LogP contribution in [0.1, 0.15) is 16.8 Å². The van der Waals surface area contributed by atoms with Crippen LogP contribution in [0.3, 0.4) is 0 Å². The zero-order valence-corrected chi connectivity index (χ0v) is 9.94. The van der Waals surface area contributed by atoms with E-state index in [9.17, 15) is 0 Å². The third-order valence-corrected chi connectivity index (χ3v) is 2.45. The van der Waals surface area contributed by atoms with Gasteiger partial charge < -0.3 is 5.32 Å². The highest BCUT2D eigenvalue weighted by Crippen LogP contribution is 2.19. The average Bonchev–Trinajstić information content (AvgIpc) is 2.39. The minimum atomic E-state index is 0.506. The first-order valence-corrected chi connectivity index (χ1v) is 5.44. The quantitative estimate of drug-likeness (QED) is 0.811. The van der Waals surface area contributed by atoms with Crippen molar-refractivity contribution in [1.29, 1.82) is 5.26 Å². The molecule has 1 aromatic heterocycles. The van der Waals surface area contributed by atoms with Crippen molar-refractivity contribution in [1.82, 2.24) is 4.98 Å². The Hall–Kier alpha value is -2.78. The molecule has 0 radical (unpaired) electrons. The Balaban J connectivity index is 2.37. The highest BCUT2D eigenvalue weighted by Gasteiger charge is 2.04. The molecule has 0 unspecified atom stereocenters. The summed E-state index contributed by atoms with van der Waals surface area (Å²) in [6.45, 7) is 1.88. The zero-order chi connectivity index (χ0) is 13.0. The van der Waals surface area contributed by atoms with Gasteiger partial charge in [0.15, 0.2) is 0 Å². The number of rotatable bonds is 2. The summed E-state index contributed by atoms with van der Waals surface area (Å²) in [6.07, 6.45) is 5.35. The largest absolute Gasteiger partial charge is 0.339 e. The van der Waals surface area contributed by atoms with Gasteiger partial charge in [-0.3, -0.25) is 0 Å².